The van der Waals surface area contributed by atoms with Crippen molar-refractivity contribution >= 4 is 23.4 Å². The summed E-state index contributed by atoms with van der Waals surface area (Å²) in [5.41, 5.74) is 0. The molecule has 7 heteroatoms. The van der Waals surface area contributed by atoms with Gasteiger partial charge < -0.3 is 14.5 Å². The van der Waals surface area contributed by atoms with Crippen molar-refractivity contribution < 1.29 is 14.3 Å². The van der Waals surface area contributed by atoms with Crippen molar-refractivity contribution in [1.82, 2.24) is 14.8 Å². The Kier molecular flexibility index (Phi) is 4.71. The highest BCUT2D eigenvalue weighted by atomic mass is 35.5. The van der Waals surface area contributed by atoms with E-state index in [9.17, 15) is 9.59 Å². The Hall–Kier alpha value is -1.82. The smallest absolute Gasteiger partial charge is 0.227 e. The molecule has 1 aromatic heterocycles. The predicted octanol–water partition coefficient (Wildman–Crippen LogP) is 1.58. The van der Waals surface area contributed by atoms with Gasteiger partial charge in [0.15, 0.2) is 0 Å². The normalized spacial score (nSPS) is 22.5. The van der Waals surface area contributed by atoms with Crippen LogP contribution in [0.5, 0.6) is 5.75 Å². The third-order valence-corrected chi connectivity index (χ3v) is 4.76. The summed E-state index contributed by atoms with van der Waals surface area (Å²) >= 11 is 6.05. The molecule has 2 amide bonds. The number of nitrogens with zero attached hydrogens (tertiary/aromatic N) is 3. The maximum atomic E-state index is 12.5. The Morgan fingerprint density at radius 3 is 2.74 bits per heavy atom. The minimum Gasteiger partial charge on any atom is -0.489 e. The number of piperidine rings is 1. The first-order chi connectivity index (χ1) is 11.0. The first kappa shape index (κ1) is 16.1. The number of aromatic nitrogens is 1. The Bertz CT molecular complexity index is 602. The van der Waals surface area contributed by atoms with Gasteiger partial charge in [0.05, 0.1) is 5.92 Å². The van der Waals surface area contributed by atoms with Crippen LogP contribution < -0.4 is 4.74 Å². The monoisotopic (exact) mass is 337 g/mol. The molecule has 2 aliphatic rings. The van der Waals surface area contributed by atoms with E-state index in [2.05, 4.69) is 4.98 Å². The largest absolute Gasteiger partial charge is 0.489 e. The zero-order chi connectivity index (χ0) is 16.4. The fourth-order valence-corrected chi connectivity index (χ4v) is 3.28. The van der Waals surface area contributed by atoms with Gasteiger partial charge in [0.25, 0.3) is 0 Å². The molecule has 0 spiro atoms. The fourth-order valence-electron chi connectivity index (χ4n) is 3.12. The summed E-state index contributed by atoms with van der Waals surface area (Å²) < 4.78 is 5.90. The summed E-state index contributed by atoms with van der Waals surface area (Å²) in [4.78, 5) is 31.5. The highest BCUT2D eigenvalue weighted by Crippen LogP contribution is 2.27. The van der Waals surface area contributed by atoms with Gasteiger partial charge in [0.1, 0.15) is 16.9 Å². The summed E-state index contributed by atoms with van der Waals surface area (Å²) in [6, 6.07) is 1.75. The van der Waals surface area contributed by atoms with Gasteiger partial charge in [-0.3, -0.25) is 14.6 Å². The number of carbonyl (C=O) groups is 2. The van der Waals surface area contributed by atoms with Crippen LogP contribution in [0.25, 0.3) is 0 Å². The number of ether oxygens (including phenoxy) is 1. The number of pyridine rings is 1. The summed E-state index contributed by atoms with van der Waals surface area (Å²) in [6.07, 6.45) is 5.11. The van der Waals surface area contributed by atoms with Crippen molar-refractivity contribution in [2.75, 3.05) is 26.7 Å². The fraction of sp³-hybridized carbons (Fsp3) is 0.562. The molecule has 3 heterocycles. The molecule has 0 bridgehead atoms. The van der Waals surface area contributed by atoms with Crippen LogP contribution in [0, 0.1) is 5.92 Å². The first-order valence-corrected chi connectivity index (χ1v) is 8.21. The molecule has 0 radical (unpaired) electrons. The summed E-state index contributed by atoms with van der Waals surface area (Å²) in [5.74, 6) is 0.575. The van der Waals surface area contributed by atoms with Crippen molar-refractivity contribution in [2.24, 2.45) is 5.92 Å². The standard InChI is InChI=1S/C16H20ClN3O3/c1-19-10-11(8-15(19)21)16(22)20-6-3-12(4-7-20)23-14-2-5-18-9-13(14)17/h2,5,9,11-12H,3-4,6-8,10H2,1H3. The molecule has 0 aliphatic carbocycles. The van der Waals surface area contributed by atoms with Gasteiger partial charge in [-0.1, -0.05) is 11.6 Å². The summed E-state index contributed by atoms with van der Waals surface area (Å²) in [6.45, 7) is 1.84. The van der Waals surface area contributed by atoms with E-state index >= 15 is 0 Å². The van der Waals surface area contributed by atoms with Crippen molar-refractivity contribution in [3.63, 3.8) is 0 Å². The maximum Gasteiger partial charge on any atom is 0.227 e. The Labute approximate surface area is 140 Å². The molecule has 23 heavy (non-hydrogen) atoms. The number of likely N-dealkylation sites (tertiary alicyclic amines) is 2. The summed E-state index contributed by atoms with van der Waals surface area (Å²) in [7, 11) is 1.74. The second kappa shape index (κ2) is 6.74. The number of halogens is 1. The minimum absolute atomic E-state index is 0.0480. The molecular weight excluding hydrogens is 318 g/mol. The van der Waals surface area contributed by atoms with Crippen LogP contribution in [0.15, 0.2) is 18.5 Å². The molecule has 0 saturated carbocycles. The number of amides is 2. The van der Waals surface area contributed by atoms with Crippen LogP contribution >= 0.6 is 11.6 Å². The molecule has 3 rings (SSSR count). The number of rotatable bonds is 3. The van der Waals surface area contributed by atoms with Crippen LogP contribution in [0.1, 0.15) is 19.3 Å². The third-order valence-electron chi connectivity index (χ3n) is 4.47. The van der Waals surface area contributed by atoms with Crippen molar-refractivity contribution in [3.05, 3.63) is 23.5 Å². The lowest BCUT2D eigenvalue weighted by Gasteiger charge is -2.33. The number of hydrogen-bond acceptors (Lipinski definition) is 4. The lowest BCUT2D eigenvalue weighted by molar-refractivity contribution is -0.137. The predicted molar refractivity (Wildman–Crippen MR) is 85.2 cm³/mol. The van der Waals surface area contributed by atoms with Gasteiger partial charge >= 0.3 is 0 Å². The van der Waals surface area contributed by atoms with Gasteiger partial charge in [-0.25, -0.2) is 0 Å². The van der Waals surface area contributed by atoms with E-state index in [-0.39, 0.29) is 23.8 Å². The number of carbonyl (C=O) groups excluding carboxylic acids is 2. The second-order valence-electron chi connectivity index (χ2n) is 6.12. The molecule has 2 aliphatic heterocycles. The SMILES string of the molecule is CN1CC(C(=O)N2CCC(Oc3ccncc3Cl)CC2)CC1=O. The van der Waals surface area contributed by atoms with E-state index < -0.39 is 0 Å². The van der Waals surface area contributed by atoms with Crippen LogP contribution in [0.4, 0.5) is 0 Å². The Balaban J connectivity index is 1.51. The van der Waals surface area contributed by atoms with Gasteiger partial charge in [-0.05, 0) is 0 Å². The molecule has 2 saturated heterocycles. The first-order valence-electron chi connectivity index (χ1n) is 7.83. The van der Waals surface area contributed by atoms with Gasteiger partial charge in [-0.15, -0.1) is 0 Å². The van der Waals surface area contributed by atoms with Crippen LogP contribution in [-0.2, 0) is 9.59 Å². The summed E-state index contributed by atoms with van der Waals surface area (Å²) in [5, 5.41) is 0.499. The molecule has 1 aromatic rings. The van der Waals surface area contributed by atoms with Crippen molar-refractivity contribution in [2.45, 2.75) is 25.4 Å². The van der Waals surface area contributed by atoms with Crippen LogP contribution in [0.2, 0.25) is 5.02 Å². The van der Waals surface area contributed by atoms with Crippen molar-refractivity contribution in [3.8, 4) is 5.75 Å². The molecule has 1 unspecified atom stereocenters. The average molecular weight is 338 g/mol. The Morgan fingerprint density at radius 1 is 1.39 bits per heavy atom. The average Bonchev–Trinajstić information content (AvgIpc) is 2.89. The highest BCUT2D eigenvalue weighted by molar-refractivity contribution is 6.31. The lowest BCUT2D eigenvalue weighted by Crippen LogP contribution is -2.44. The molecule has 124 valence electrons. The van der Waals surface area contributed by atoms with E-state index in [1.807, 2.05) is 4.90 Å². The van der Waals surface area contributed by atoms with E-state index in [1.54, 1.807) is 30.4 Å². The molecule has 0 aromatic carbocycles. The van der Waals surface area contributed by atoms with E-state index in [0.29, 0.717) is 36.8 Å². The zero-order valence-electron chi connectivity index (χ0n) is 13.1. The van der Waals surface area contributed by atoms with Crippen molar-refractivity contribution in [1.29, 1.82) is 0 Å². The quantitative estimate of drug-likeness (QED) is 0.840. The zero-order valence-corrected chi connectivity index (χ0v) is 13.8. The molecule has 0 N–H and O–H groups in total. The topological polar surface area (TPSA) is 62.7 Å². The highest BCUT2D eigenvalue weighted by Gasteiger charge is 2.36. The van der Waals surface area contributed by atoms with E-state index in [4.69, 9.17) is 16.3 Å². The minimum atomic E-state index is -0.195. The molecule has 2 fully saturated rings. The van der Waals surface area contributed by atoms with Crippen LogP contribution in [-0.4, -0.2) is 59.4 Å². The van der Waals surface area contributed by atoms with Gasteiger partial charge in [-0.2, -0.15) is 0 Å². The number of hydrogen-bond donors (Lipinski definition) is 0. The molecule has 6 nitrogen and oxygen atoms in total. The molecule has 1 atom stereocenters. The lowest BCUT2D eigenvalue weighted by atomic mass is 10.0. The second-order valence-corrected chi connectivity index (χ2v) is 6.53. The van der Waals surface area contributed by atoms with E-state index in [0.717, 1.165) is 12.8 Å². The maximum absolute atomic E-state index is 12.5. The van der Waals surface area contributed by atoms with Crippen LogP contribution in [0.3, 0.4) is 0 Å². The third kappa shape index (κ3) is 3.58. The Morgan fingerprint density at radius 2 is 2.13 bits per heavy atom. The van der Waals surface area contributed by atoms with E-state index in [1.165, 1.54) is 0 Å². The van der Waals surface area contributed by atoms with Gasteiger partial charge in [0, 0.05) is 64.4 Å². The van der Waals surface area contributed by atoms with Gasteiger partial charge in [0.2, 0.25) is 11.8 Å². The molecular formula is C16H20ClN3O3.